The lowest BCUT2D eigenvalue weighted by molar-refractivity contribution is 0.0695. The smallest absolute Gasteiger partial charge is 0.335 e. The van der Waals surface area contributed by atoms with E-state index >= 15 is 0 Å². The maximum atomic E-state index is 11.0. The van der Waals surface area contributed by atoms with Gasteiger partial charge in [0.2, 0.25) is 0 Å². The maximum absolute atomic E-state index is 11.0. The number of aromatic carboxylic acids is 1. The van der Waals surface area contributed by atoms with E-state index in [1.807, 2.05) is 0 Å². The van der Waals surface area contributed by atoms with Crippen molar-refractivity contribution in [3.63, 3.8) is 0 Å². The first-order valence-electron chi connectivity index (χ1n) is 5.77. The van der Waals surface area contributed by atoms with Crippen molar-refractivity contribution in [2.24, 2.45) is 0 Å². The lowest BCUT2D eigenvalue weighted by Gasteiger charge is -2.07. The summed E-state index contributed by atoms with van der Waals surface area (Å²) in [4.78, 5) is 11.0. The third-order valence-corrected chi connectivity index (χ3v) is 2.66. The molecule has 0 amide bonds. The first-order valence-corrected chi connectivity index (χ1v) is 5.77. The number of unbranched alkanes of at least 4 members (excludes halogenated alkanes) is 3. The number of hydrogen-bond donors (Lipinski definition) is 2. The zero-order chi connectivity index (χ0) is 12.0. The van der Waals surface area contributed by atoms with Gasteiger partial charge in [-0.3, -0.25) is 0 Å². The van der Waals surface area contributed by atoms with Crippen molar-refractivity contribution < 1.29 is 9.90 Å². The highest BCUT2D eigenvalue weighted by atomic mass is 16.4. The van der Waals surface area contributed by atoms with Crippen molar-refractivity contribution in [1.82, 2.24) is 0 Å². The molecule has 3 heteroatoms. The lowest BCUT2D eigenvalue weighted by Crippen LogP contribution is -2.03. The molecule has 1 rings (SSSR count). The van der Waals surface area contributed by atoms with Gasteiger partial charge in [0.25, 0.3) is 0 Å². The summed E-state index contributed by atoms with van der Waals surface area (Å²) in [6.45, 7) is 2.16. The molecule has 0 bridgehead atoms. The Labute approximate surface area is 96.3 Å². The molecular weight excluding hydrogens is 202 g/mol. The predicted molar refractivity (Wildman–Crippen MR) is 65.7 cm³/mol. The van der Waals surface area contributed by atoms with E-state index in [-0.39, 0.29) is 0 Å². The third-order valence-electron chi connectivity index (χ3n) is 2.66. The minimum atomic E-state index is -0.870. The Morgan fingerprint density at radius 1 is 1.31 bits per heavy atom. The fraction of sp³-hybridized carbons (Fsp3) is 0.462. The minimum Gasteiger partial charge on any atom is -0.478 e. The summed E-state index contributed by atoms with van der Waals surface area (Å²) in [5, 5.41) is 9.02. The van der Waals surface area contributed by atoms with Gasteiger partial charge in [-0.15, -0.1) is 0 Å². The molecule has 0 radical (unpaired) electrons. The highest BCUT2D eigenvalue weighted by Crippen LogP contribution is 2.17. The Morgan fingerprint density at radius 3 is 2.69 bits per heavy atom. The van der Waals surface area contributed by atoms with E-state index in [9.17, 15) is 4.79 Å². The molecule has 0 aliphatic rings. The van der Waals surface area contributed by atoms with Gasteiger partial charge >= 0.3 is 5.97 Å². The van der Waals surface area contributed by atoms with Crippen LogP contribution in [0.15, 0.2) is 18.2 Å². The highest BCUT2D eigenvalue weighted by Gasteiger charge is 2.09. The second kappa shape index (κ2) is 6.16. The van der Waals surface area contributed by atoms with Crippen LogP contribution in [-0.4, -0.2) is 11.1 Å². The summed E-state index contributed by atoms with van der Waals surface area (Å²) in [5.41, 5.74) is 7.53. The number of benzene rings is 1. The quantitative estimate of drug-likeness (QED) is 0.573. The minimum absolute atomic E-state index is 0.380. The predicted octanol–water partition coefficient (Wildman–Crippen LogP) is 3.09. The molecule has 3 nitrogen and oxygen atoms in total. The average Bonchev–Trinajstić information content (AvgIpc) is 2.24. The second-order valence-corrected chi connectivity index (χ2v) is 4.03. The molecule has 0 spiro atoms. The molecule has 0 aliphatic carbocycles. The van der Waals surface area contributed by atoms with Gasteiger partial charge in [-0.05, 0) is 36.6 Å². The molecule has 0 saturated carbocycles. The zero-order valence-electron chi connectivity index (χ0n) is 9.70. The Morgan fingerprint density at radius 2 is 2.06 bits per heavy atom. The summed E-state index contributed by atoms with van der Waals surface area (Å²) < 4.78 is 0. The Bertz CT molecular complexity index is 361. The number of carbonyl (C=O) groups is 1. The van der Waals surface area contributed by atoms with Gasteiger partial charge in [0, 0.05) is 5.69 Å². The van der Waals surface area contributed by atoms with Gasteiger partial charge in [0.1, 0.15) is 0 Å². The van der Waals surface area contributed by atoms with Crippen LogP contribution in [0.5, 0.6) is 0 Å². The molecule has 3 N–H and O–H groups in total. The molecule has 0 aromatic heterocycles. The molecule has 1 aromatic rings. The van der Waals surface area contributed by atoms with Crippen LogP contribution in [0.3, 0.4) is 0 Å². The zero-order valence-corrected chi connectivity index (χ0v) is 9.70. The summed E-state index contributed by atoms with van der Waals surface area (Å²) in [6, 6.07) is 5.00. The SMILES string of the molecule is CCCCCCc1cc(N)ccc1C(=O)O. The number of anilines is 1. The molecule has 0 unspecified atom stereocenters. The lowest BCUT2D eigenvalue weighted by atomic mass is 10.0. The van der Waals surface area contributed by atoms with E-state index < -0.39 is 5.97 Å². The van der Waals surface area contributed by atoms with Crippen LogP contribution in [0.1, 0.15) is 48.5 Å². The molecule has 0 saturated heterocycles. The maximum Gasteiger partial charge on any atom is 0.335 e. The molecular formula is C13H19NO2. The first kappa shape index (κ1) is 12.6. The molecule has 0 fully saturated rings. The van der Waals surface area contributed by atoms with Gasteiger partial charge < -0.3 is 10.8 Å². The van der Waals surface area contributed by atoms with Gasteiger partial charge in [-0.1, -0.05) is 26.2 Å². The topological polar surface area (TPSA) is 63.3 Å². The van der Waals surface area contributed by atoms with Crippen LogP contribution in [0.2, 0.25) is 0 Å². The number of nitrogens with two attached hydrogens (primary N) is 1. The number of carboxylic acid groups (broad SMARTS) is 1. The van der Waals surface area contributed by atoms with Crippen molar-refractivity contribution in [3.8, 4) is 0 Å². The van der Waals surface area contributed by atoms with E-state index in [0.29, 0.717) is 11.3 Å². The van der Waals surface area contributed by atoms with Crippen LogP contribution in [0.25, 0.3) is 0 Å². The molecule has 16 heavy (non-hydrogen) atoms. The molecule has 0 heterocycles. The van der Waals surface area contributed by atoms with Crippen LogP contribution >= 0.6 is 0 Å². The Kier molecular flexibility index (Phi) is 4.83. The largest absolute Gasteiger partial charge is 0.478 e. The van der Waals surface area contributed by atoms with Gasteiger partial charge in [-0.25, -0.2) is 4.79 Å². The van der Waals surface area contributed by atoms with Crippen LogP contribution in [-0.2, 0) is 6.42 Å². The third kappa shape index (κ3) is 3.57. The molecule has 88 valence electrons. The molecule has 0 atom stereocenters. The number of aryl methyl sites for hydroxylation is 1. The van der Waals surface area contributed by atoms with Gasteiger partial charge in [0.05, 0.1) is 5.56 Å². The van der Waals surface area contributed by atoms with Crippen LogP contribution in [0, 0.1) is 0 Å². The van der Waals surface area contributed by atoms with Crippen LogP contribution < -0.4 is 5.73 Å². The fourth-order valence-corrected chi connectivity index (χ4v) is 1.77. The van der Waals surface area contributed by atoms with Crippen molar-refractivity contribution in [2.45, 2.75) is 39.0 Å². The van der Waals surface area contributed by atoms with E-state index in [0.717, 1.165) is 24.8 Å². The van der Waals surface area contributed by atoms with E-state index in [2.05, 4.69) is 6.92 Å². The number of nitrogen functional groups attached to an aromatic ring is 1. The van der Waals surface area contributed by atoms with Crippen molar-refractivity contribution >= 4 is 11.7 Å². The van der Waals surface area contributed by atoms with E-state index in [1.54, 1.807) is 18.2 Å². The van der Waals surface area contributed by atoms with E-state index in [4.69, 9.17) is 10.8 Å². The normalized spacial score (nSPS) is 10.3. The summed E-state index contributed by atoms with van der Waals surface area (Å²) in [7, 11) is 0. The Balaban J connectivity index is 2.68. The van der Waals surface area contributed by atoms with Crippen molar-refractivity contribution in [2.75, 3.05) is 5.73 Å². The molecule has 1 aromatic carbocycles. The number of rotatable bonds is 6. The summed E-state index contributed by atoms with van der Waals surface area (Å²) >= 11 is 0. The second-order valence-electron chi connectivity index (χ2n) is 4.03. The highest BCUT2D eigenvalue weighted by molar-refractivity contribution is 5.89. The van der Waals surface area contributed by atoms with Crippen LogP contribution in [0.4, 0.5) is 5.69 Å². The van der Waals surface area contributed by atoms with Crippen molar-refractivity contribution in [1.29, 1.82) is 0 Å². The number of hydrogen-bond acceptors (Lipinski definition) is 2. The first-order chi connectivity index (χ1) is 7.65. The average molecular weight is 221 g/mol. The Hall–Kier alpha value is -1.51. The number of carboxylic acids is 1. The summed E-state index contributed by atoms with van der Waals surface area (Å²) in [6.07, 6.45) is 5.35. The monoisotopic (exact) mass is 221 g/mol. The fourth-order valence-electron chi connectivity index (χ4n) is 1.77. The summed E-state index contributed by atoms with van der Waals surface area (Å²) in [5.74, 6) is -0.870. The van der Waals surface area contributed by atoms with E-state index in [1.165, 1.54) is 12.8 Å². The van der Waals surface area contributed by atoms with Gasteiger partial charge in [-0.2, -0.15) is 0 Å². The molecule has 0 aliphatic heterocycles. The van der Waals surface area contributed by atoms with Gasteiger partial charge in [0.15, 0.2) is 0 Å². The standard InChI is InChI=1S/C13H19NO2/c1-2-3-4-5-6-10-9-11(14)7-8-12(10)13(15)16/h7-9H,2-6,14H2,1H3,(H,15,16). The van der Waals surface area contributed by atoms with Crippen molar-refractivity contribution in [3.05, 3.63) is 29.3 Å².